The quantitative estimate of drug-likeness (QED) is 0.238. The molecule has 6 rings (SSSR count). The third kappa shape index (κ3) is 7.03. The van der Waals surface area contributed by atoms with E-state index in [1.54, 1.807) is 12.3 Å². The lowest BCUT2D eigenvalue weighted by atomic mass is 10.2. The fraction of sp³-hybridized carbons (Fsp3) is 0.355. The zero-order chi connectivity index (χ0) is 28.0. The monoisotopic (exact) mass is 608 g/mol. The summed E-state index contributed by atoms with van der Waals surface area (Å²) >= 11 is 6.55. The third-order valence-corrected chi connectivity index (χ3v) is 7.90. The number of amides is 1. The van der Waals surface area contributed by atoms with Crippen LogP contribution in [0.3, 0.4) is 0 Å². The van der Waals surface area contributed by atoms with E-state index in [1.807, 2.05) is 53.4 Å². The second-order valence-corrected chi connectivity index (χ2v) is 10.8. The van der Waals surface area contributed by atoms with Gasteiger partial charge in [-0.1, -0.05) is 23.7 Å². The standard InChI is InChI=1S/C31H33ClN6O3.ClH/c32-25-17-22(11-12-27(25)40-19-23-7-1-2-13-33-23)36-31-30-26(34-21-35-31)9-5-10-28(30)41-20-24-8-6-16-38(24)29(39)18-37-14-3-4-15-37;/h1-2,5,7,9-13,17,21,24H,3-4,6,8,14-16,18-20H2,(H,34,35,36);1H/t24-;/m1./s1. The first-order valence-electron chi connectivity index (χ1n) is 14.1. The van der Waals surface area contributed by atoms with Gasteiger partial charge < -0.3 is 19.7 Å². The molecule has 4 heterocycles. The summed E-state index contributed by atoms with van der Waals surface area (Å²) in [6.07, 6.45) is 7.54. The number of aromatic nitrogens is 3. The van der Waals surface area contributed by atoms with Gasteiger partial charge in [-0.15, -0.1) is 12.4 Å². The number of benzene rings is 2. The van der Waals surface area contributed by atoms with E-state index in [4.69, 9.17) is 21.1 Å². The molecule has 2 aromatic carbocycles. The molecule has 0 saturated carbocycles. The van der Waals surface area contributed by atoms with Gasteiger partial charge in [0.05, 0.1) is 34.2 Å². The van der Waals surface area contributed by atoms with Crippen LogP contribution in [0.4, 0.5) is 11.5 Å². The molecule has 42 heavy (non-hydrogen) atoms. The Morgan fingerprint density at radius 3 is 2.64 bits per heavy atom. The Balaban J connectivity index is 0.00000353. The van der Waals surface area contributed by atoms with E-state index in [2.05, 4.69) is 25.2 Å². The van der Waals surface area contributed by atoms with E-state index in [1.165, 1.54) is 19.2 Å². The van der Waals surface area contributed by atoms with Crippen molar-refractivity contribution in [2.75, 3.05) is 38.1 Å². The minimum absolute atomic E-state index is 0. The van der Waals surface area contributed by atoms with Crippen molar-refractivity contribution in [3.8, 4) is 11.5 Å². The van der Waals surface area contributed by atoms with Crippen molar-refractivity contribution in [2.24, 2.45) is 0 Å². The summed E-state index contributed by atoms with van der Waals surface area (Å²) in [6, 6.07) is 17.0. The normalized spacial score (nSPS) is 16.8. The molecule has 0 spiro atoms. The van der Waals surface area contributed by atoms with Crippen molar-refractivity contribution in [1.29, 1.82) is 0 Å². The third-order valence-electron chi connectivity index (χ3n) is 7.61. The lowest BCUT2D eigenvalue weighted by Crippen LogP contribution is -2.44. The van der Waals surface area contributed by atoms with Gasteiger partial charge in [-0.3, -0.25) is 14.7 Å². The lowest BCUT2D eigenvalue weighted by Gasteiger charge is -2.27. The summed E-state index contributed by atoms with van der Waals surface area (Å²) in [6.45, 7) is 4.06. The van der Waals surface area contributed by atoms with Crippen LogP contribution in [0.25, 0.3) is 10.9 Å². The molecule has 220 valence electrons. The number of fused-ring (bicyclic) bond motifs is 1. The van der Waals surface area contributed by atoms with Gasteiger partial charge in [0.25, 0.3) is 0 Å². The van der Waals surface area contributed by atoms with Crippen LogP contribution in [0.1, 0.15) is 31.4 Å². The molecule has 2 aliphatic heterocycles. The number of carbonyl (C=O) groups is 1. The van der Waals surface area contributed by atoms with Crippen LogP contribution >= 0.6 is 24.0 Å². The van der Waals surface area contributed by atoms with Crippen molar-refractivity contribution < 1.29 is 14.3 Å². The Morgan fingerprint density at radius 1 is 0.952 bits per heavy atom. The Hall–Kier alpha value is -3.66. The van der Waals surface area contributed by atoms with Gasteiger partial charge in [0.2, 0.25) is 5.91 Å². The summed E-state index contributed by atoms with van der Waals surface area (Å²) in [5.41, 5.74) is 2.33. The molecule has 0 aliphatic carbocycles. The maximum atomic E-state index is 13.0. The van der Waals surface area contributed by atoms with Gasteiger partial charge in [0.15, 0.2) is 0 Å². The Bertz CT molecular complexity index is 1500. The van der Waals surface area contributed by atoms with Crippen LogP contribution in [0.15, 0.2) is 67.1 Å². The van der Waals surface area contributed by atoms with Crippen LogP contribution in [0.5, 0.6) is 11.5 Å². The molecule has 2 aromatic heterocycles. The predicted octanol–water partition coefficient (Wildman–Crippen LogP) is 5.89. The first-order valence-corrected chi connectivity index (χ1v) is 14.5. The van der Waals surface area contributed by atoms with Crippen LogP contribution < -0.4 is 14.8 Å². The van der Waals surface area contributed by atoms with Gasteiger partial charge in [0, 0.05) is 18.4 Å². The maximum Gasteiger partial charge on any atom is 0.237 e. The molecular formula is C31H34Cl2N6O3. The number of hydrogen-bond acceptors (Lipinski definition) is 8. The van der Waals surface area contributed by atoms with E-state index in [-0.39, 0.29) is 24.4 Å². The maximum absolute atomic E-state index is 13.0. The fourth-order valence-corrected chi connectivity index (χ4v) is 5.74. The minimum Gasteiger partial charge on any atom is -0.491 e. The Morgan fingerprint density at radius 2 is 1.83 bits per heavy atom. The zero-order valence-corrected chi connectivity index (χ0v) is 24.8. The molecule has 4 aromatic rings. The number of halogens is 2. The van der Waals surface area contributed by atoms with E-state index in [9.17, 15) is 4.79 Å². The zero-order valence-electron chi connectivity index (χ0n) is 23.2. The summed E-state index contributed by atoms with van der Waals surface area (Å²) in [5, 5.41) is 4.62. The van der Waals surface area contributed by atoms with E-state index >= 15 is 0 Å². The highest BCUT2D eigenvalue weighted by Crippen LogP contribution is 2.34. The van der Waals surface area contributed by atoms with E-state index in [0.717, 1.165) is 54.8 Å². The average molecular weight is 610 g/mol. The van der Waals surface area contributed by atoms with Crippen molar-refractivity contribution in [3.05, 3.63) is 77.8 Å². The van der Waals surface area contributed by atoms with Crippen LogP contribution in [0, 0.1) is 0 Å². The predicted molar refractivity (Wildman–Crippen MR) is 166 cm³/mol. The molecule has 0 radical (unpaired) electrons. The minimum atomic E-state index is 0. The summed E-state index contributed by atoms with van der Waals surface area (Å²) in [4.78, 5) is 30.5. The Labute approximate surface area is 256 Å². The molecule has 2 fully saturated rings. The fourth-order valence-electron chi connectivity index (χ4n) is 5.51. The molecule has 9 nitrogen and oxygen atoms in total. The molecule has 1 atom stereocenters. The SMILES string of the molecule is Cl.O=C(CN1CCCC1)N1CCC[C@@H]1COc1cccc2ncnc(Nc3ccc(OCc4ccccn4)c(Cl)c3)c12. The topological polar surface area (TPSA) is 92.7 Å². The molecule has 0 unspecified atom stereocenters. The number of nitrogens with one attached hydrogen (secondary N) is 1. The first kappa shape index (κ1) is 29.8. The highest BCUT2D eigenvalue weighted by molar-refractivity contribution is 6.32. The number of rotatable bonds is 10. The second-order valence-electron chi connectivity index (χ2n) is 10.4. The van der Waals surface area contributed by atoms with Gasteiger partial charge in [0.1, 0.15) is 36.9 Å². The van der Waals surface area contributed by atoms with Gasteiger partial charge in [-0.25, -0.2) is 9.97 Å². The van der Waals surface area contributed by atoms with Gasteiger partial charge in [-0.05, 0) is 81.2 Å². The van der Waals surface area contributed by atoms with Crippen LogP contribution in [-0.4, -0.2) is 69.5 Å². The van der Waals surface area contributed by atoms with Gasteiger partial charge >= 0.3 is 0 Å². The molecule has 2 saturated heterocycles. The number of pyridine rings is 1. The van der Waals surface area contributed by atoms with Crippen molar-refractivity contribution in [1.82, 2.24) is 24.8 Å². The number of hydrogen-bond donors (Lipinski definition) is 1. The number of nitrogens with zero attached hydrogens (tertiary/aromatic N) is 5. The molecule has 11 heteroatoms. The molecule has 2 aliphatic rings. The molecular weight excluding hydrogens is 575 g/mol. The first-order chi connectivity index (χ1) is 20.1. The molecule has 1 N–H and O–H groups in total. The molecule has 1 amide bonds. The number of anilines is 2. The number of likely N-dealkylation sites (tertiary alicyclic amines) is 2. The summed E-state index contributed by atoms with van der Waals surface area (Å²) < 4.78 is 12.2. The van der Waals surface area contributed by atoms with Crippen molar-refractivity contribution in [3.63, 3.8) is 0 Å². The van der Waals surface area contributed by atoms with E-state index < -0.39 is 0 Å². The van der Waals surface area contributed by atoms with Crippen LogP contribution in [0.2, 0.25) is 5.02 Å². The smallest absolute Gasteiger partial charge is 0.237 e. The van der Waals surface area contributed by atoms with Crippen molar-refractivity contribution in [2.45, 2.75) is 38.3 Å². The van der Waals surface area contributed by atoms with Gasteiger partial charge in [-0.2, -0.15) is 0 Å². The average Bonchev–Trinajstić information content (AvgIpc) is 3.69. The van der Waals surface area contributed by atoms with Crippen molar-refractivity contribution >= 4 is 52.3 Å². The molecule has 0 bridgehead atoms. The van der Waals surface area contributed by atoms with E-state index in [0.29, 0.717) is 42.1 Å². The lowest BCUT2D eigenvalue weighted by molar-refractivity contribution is -0.133. The Kier molecular flexibility index (Phi) is 9.94. The highest BCUT2D eigenvalue weighted by atomic mass is 35.5. The number of carbonyl (C=O) groups excluding carboxylic acids is 1. The summed E-state index contributed by atoms with van der Waals surface area (Å²) in [5.74, 6) is 2.05. The van der Waals surface area contributed by atoms with Crippen LogP contribution in [-0.2, 0) is 11.4 Å². The summed E-state index contributed by atoms with van der Waals surface area (Å²) in [7, 11) is 0. The number of ether oxygens (including phenoxy) is 2. The largest absolute Gasteiger partial charge is 0.491 e. The highest BCUT2D eigenvalue weighted by Gasteiger charge is 2.30. The second kappa shape index (κ2) is 14.0.